The molecule has 0 spiro atoms. The zero-order chi connectivity index (χ0) is 13.8. The SMILES string of the molecule is COc1ccc(C(=O)N2CCC[C@H]2C=O)cc1OC. The zero-order valence-corrected chi connectivity index (χ0v) is 11.1. The van der Waals surface area contributed by atoms with Crippen molar-refractivity contribution in [3.63, 3.8) is 0 Å². The maximum Gasteiger partial charge on any atom is 0.254 e. The van der Waals surface area contributed by atoms with Crippen LogP contribution in [0.2, 0.25) is 0 Å². The number of likely N-dealkylation sites (tertiary alicyclic amines) is 1. The number of carbonyl (C=O) groups is 2. The van der Waals surface area contributed by atoms with Crippen molar-refractivity contribution in [1.82, 2.24) is 4.90 Å². The number of methoxy groups -OCH3 is 2. The quantitative estimate of drug-likeness (QED) is 0.773. The molecule has 0 N–H and O–H groups in total. The molecule has 1 aliphatic rings. The molecule has 5 heteroatoms. The van der Waals surface area contributed by atoms with Crippen LogP contribution >= 0.6 is 0 Å². The van der Waals surface area contributed by atoms with Crippen molar-refractivity contribution in [2.45, 2.75) is 18.9 Å². The minimum atomic E-state index is -0.305. The van der Waals surface area contributed by atoms with Crippen LogP contribution in [0.15, 0.2) is 18.2 Å². The lowest BCUT2D eigenvalue weighted by Gasteiger charge is -2.21. The number of aldehydes is 1. The summed E-state index contributed by atoms with van der Waals surface area (Å²) in [6, 6.07) is 4.71. The van der Waals surface area contributed by atoms with Gasteiger partial charge in [0.25, 0.3) is 5.91 Å². The maximum absolute atomic E-state index is 12.4. The van der Waals surface area contributed by atoms with Crippen molar-refractivity contribution in [2.24, 2.45) is 0 Å². The van der Waals surface area contributed by atoms with Crippen LogP contribution in [-0.2, 0) is 4.79 Å². The van der Waals surface area contributed by atoms with Gasteiger partial charge in [-0.15, -0.1) is 0 Å². The second-order valence-corrected chi connectivity index (χ2v) is 4.41. The summed E-state index contributed by atoms with van der Waals surface area (Å²) in [7, 11) is 3.07. The molecule has 1 saturated heterocycles. The number of hydrogen-bond donors (Lipinski definition) is 0. The topological polar surface area (TPSA) is 55.8 Å². The predicted octanol–water partition coefficient (Wildman–Crippen LogP) is 1.51. The Morgan fingerprint density at radius 2 is 2.05 bits per heavy atom. The molecule has 0 aliphatic carbocycles. The number of ether oxygens (including phenoxy) is 2. The van der Waals surface area contributed by atoms with Gasteiger partial charge < -0.3 is 19.2 Å². The van der Waals surface area contributed by atoms with E-state index in [1.807, 2.05) is 0 Å². The summed E-state index contributed by atoms with van der Waals surface area (Å²) in [5, 5.41) is 0. The zero-order valence-electron chi connectivity index (χ0n) is 11.1. The van der Waals surface area contributed by atoms with Gasteiger partial charge in [-0.3, -0.25) is 4.79 Å². The van der Waals surface area contributed by atoms with E-state index in [0.717, 1.165) is 19.1 Å². The molecule has 0 radical (unpaired) electrons. The van der Waals surface area contributed by atoms with Crippen LogP contribution in [-0.4, -0.2) is 43.9 Å². The average Bonchev–Trinajstić information content (AvgIpc) is 2.94. The van der Waals surface area contributed by atoms with Crippen LogP contribution in [0.1, 0.15) is 23.2 Å². The molecule has 0 unspecified atom stereocenters. The van der Waals surface area contributed by atoms with E-state index in [2.05, 4.69) is 0 Å². The van der Waals surface area contributed by atoms with E-state index in [4.69, 9.17) is 9.47 Å². The number of benzene rings is 1. The van der Waals surface area contributed by atoms with Crippen LogP contribution in [0.25, 0.3) is 0 Å². The van der Waals surface area contributed by atoms with Gasteiger partial charge in [-0.05, 0) is 31.0 Å². The highest BCUT2D eigenvalue weighted by Crippen LogP contribution is 2.29. The Bertz CT molecular complexity index is 486. The third kappa shape index (κ3) is 2.54. The van der Waals surface area contributed by atoms with E-state index in [-0.39, 0.29) is 11.9 Å². The van der Waals surface area contributed by atoms with Gasteiger partial charge in [0.2, 0.25) is 0 Å². The molecular formula is C14H17NO4. The molecule has 1 heterocycles. The normalized spacial score (nSPS) is 18.2. The first-order valence-corrected chi connectivity index (χ1v) is 6.19. The van der Waals surface area contributed by atoms with E-state index in [1.54, 1.807) is 30.2 Å². The highest BCUT2D eigenvalue weighted by Gasteiger charge is 2.29. The van der Waals surface area contributed by atoms with Crippen LogP contribution in [0.3, 0.4) is 0 Å². The molecule has 1 aliphatic heterocycles. The van der Waals surface area contributed by atoms with Gasteiger partial charge in [0.15, 0.2) is 11.5 Å². The van der Waals surface area contributed by atoms with Gasteiger partial charge in [-0.1, -0.05) is 0 Å². The summed E-state index contributed by atoms with van der Waals surface area (Å²) in [6.07, 6.45) is 2.44. The molecule has 1 aromatic carbocycles. The fourth-order valence-electron chi connectivity index (χ4n) is 2.32. The van der Waals surface area contributed by atoms with E-state index in [0.29, 0.717) is 23.6 Å². The molecule has 2 rings (SSSR count). The van der Waals surface area contributed by atoms with Crippen LogP contribution < -0.4 is 9.47 Å². The predicted molar refractivity (Wildman–Crippen MR) is 69.7 cm³/mol. The van der Waals surface area contributed by atoms with Crippen molar-refractivity contribution in [3.05, 3.63) is 23.8 Å². The Kier molecular flexibility index (Phi) is 4.04. The standard InChI is InChI=1S/C14H17NO4/c1-18-12-6-5-10(8-13(12)19-2)14(17)15-7-3-4-11(15)9-16/h5-6,8-9,11H,3-4,7H2,1-2H3/t11-/m0/s1. The minimum absolute atomic E-state index is 0.143. The lowest BCUT2D eigenvalue weighted by atomic mass is 10.1. The Labute approximate surface area is 112 Å². The van der Waals surface area contributed by atoms with E-state index in [1.165, 1.54) is 7.11 Å². The third-order valence-electron chi connectivity index (χ3n) is 3.35. The Morgan fingerprint density at radius 1 is 1.32 bits per heavy atom. The van der Waals surface area contributed by atoms with E-state index < -0.39 is 0 Å². The highest BCUT2D eigenvalue weighted by molar-refractivity contribution is 5.96. The lowest BCUT2D eigenvalue weighted by Crippen LogP contribution is -2.36. The largest absolute Gasteiger partial charge is 0.493 e. The van der Waals surface area contributed by atoms with Gasteiger partial charge in [0.1, 0.15) is 6.29 Å². The fraction of sp³-hybridized carbons (Fsp3) is 0.429. The van der Waals surface area contributed by atoms with Crippen LogP contribution in [0.5, 0.6) is 11.5 Å². The fourth-order valence-corrected chi connectivity index (χ4v) is 2.32. The Hall–Kier alpha value is -2.04. The molecule has 1 amide bonds. The molecule has 1 fully saturated rings. The second kappa shape index (κ2) is 5.73. The van der Waals surface area contributed by atoms with Gasteiger partial charge >= 0.3 is 0 Å². The van der Waals surface area contributed by atoms with Crippen molar-refractivity contribution < 1.29 is 19.1 Å². The Balaban J connectivity index is 2.26. The smallest absolute Gasteiger partial charge is 0.254 e. The van der Waals surface area contributed by atoms with E-state index in [9.17, 15) is 9.59 Å². The average molecular weight is 263 g/mol. The number of amides is 1. The molecule has 0 saturated carbocycles. The summed E-state index contributed by atoms with van der Waals surface area (Å²) in [5.74, 6) is 0.943. The van der Waals surface area contributed by atoms with Crippen molar-refractivity contribution in [2.75, 3.05) is 20.8 Å². The van der Waals surface area contributed by atoms with Gasteiger partial charge in [-0.25, -0.2) is 0 Å². The summed E-state index contributed by atoms with van der Waals surface area (Å²) < 4.78 is 10.3. The molecule has 0 bridgehead atoms. The third-order valence-corrected chi connectivity index (χ3v) is 3.35. The maximum atomic E-state index is 12.4. The number of hydrogen-bond acceptors (Lipinski definition) is 4. The van der Waals surface area contributed by atoms with Crippen LogP contribution in [0.4, 0.5) is 0 Å². The molecular weight excluding hydrogens is 246 g/mol. The van der Waals surface area contributed by atoms with Crippen molar-refractivity contribution >= 4 is 12.2 Å². The van der Waals surface area contributed by atoms with E-state index >= 15 is 0 Å². The molecule has 1 atom stereocenters. The highest BCUT2D eigenvalue weighted by atomic mass is 16.5. The first-order chi connectivity index (χ1) is 9.21. The second-order valence-electron chi connectivity index (χ2n) is 4.41. The molecule has 1 aromatic rings. The van der Waals surface area contributed by atoms with Crippen LogP contribution in [0, 0.1) is 0 Å². The molecule has 0 aromatic heterocycles. The monoisotopic (exact) mass is 263 g/mol. The van der Waals surface area contributed by atoms with Gasteiger partial charge in [0.05, 0.1) is 20.3 Å². The van der Waals surface area contributed by atoms with Crippen molar-refractivity contribution in [1.29, 1.82) is 0 Å². The van der Waals surface area contributed by atoms with Gasteiger partial charge in [0, 0.05) is 12.1 Å². The van der Waals surface area contributed by atoms with Gasteiger partial charge in [-0.2, -0.15) is 0 Å². The first kappa shape index (κ1) is 13.4. The summed E-state index contributed by atoms with van der Waals surface area (Å²) in [4.78, 5) is 24.9. The Morgan fingerprint density at radius 3 is 2.68 bits per heavy atom. The molecule has 102 valence electrons. The summed E-state index contributed by atoms with van der Waals surface area (Å²) in [6.45, 7) is 0.622. The lowest BCUT2D eigenvalue weighted by molar-refractivity contribution is -0.111. The number of nitrogens with zero attached hydrogens (tertiary/aromatic N) is 1. The minimum Gasteiger partial charge on any atom is -0.493 e. The summed E-state index contributed by atoms with van der Waals surface area (Å²) >= 11 is 0. The number of carbonyl (C=O) groups excluding carboxylic acids is 2. The van der Waals surface area contributed by atoms with Crippen molar-refractivity contribution in [3.8, 4) is 11.5 Å². The first-order valence-electron chi connectivity index (χ1n) is 6.19. The molecule has 19 heavy (non-hydrogen) atoms. The molecule has 5 nitrogen and oxygen atoms in total. The number of rotatable bonds is 4. The summed E-state index contributed by atoms with van der Waals surface area (Å²) in [5.41, 5.74) is 0.506.